The zero-order valence-electron chi connectivity index (χ0n) is 17.2. The first-order chi connectivity index (χ1) is 15.4. The predicted octanol–water partition coefficient (Wildman–Crippen LogP) is 5.47. The quantitative estimate of drug-likeness (QED) is 0.358. The second kappa shape index (κ2) is 9.37. The van der Waals surface area contributed by atoms with Gasteiger partial charge in [0.15, 0.2) is 10.8 Å². The van der Waals surface area contributed by atoms with Crippen molar-refractivity contribution in [3.8, 4) is 22.0 Å². The van der Waals surface area contributed by atoms with Gasteiger partial charge in [-0.05, 0) is 42.8 Å². The van der Waals surface area contributed by atoms with Crippen LogP contribution in [0, 0.1) is 0 Å². The zero-order valence-corrected chi connectivity index (χ0v) is 18.9. The Hall–Kier alpha value is -3.43. The Morgan fingerprint density at radius 1 is 1.00 bits per heavy atom. The molecule has 2 aromatic heterocycles. The molecule has 0 radical (unpaired) electrons. The van der Waals surface area contributed by atoms with Gasteiger partial charge in [0, 0.05) is 16.9 Å². The third-order valence-corrected chi connectivity index (χ3v) is 7.06. The summed E-state index contributed by atoms with van der Waals surface area (Å²) >= 11 is 1.25. The van der Waals surface area contributed by atoms with E-state index < -0.39 is 10.0 Å². The first-order valence-corrected chi connectivity index (χ1v) is 12.4. The number of nitrogens with one attached hydrogen (secondary N) is 2. The SMILES string of the molecule is CCCS(=O)(=O)Nc1ccc(NC(=O)c2sc(-c3ccco3)nc2-c2ccccc2)cc1. The fraction of sp³-hybridized carbons (Fsp3) is 0.130. The first-order valence-electron chi connectivity index (χ1n) is 9.97. The molecule has 0 fully saturated rings. The minimum Gasteiger partial charge on any atom is -0.462 e. The summed E-state index contributed by atoms with van der Waals surface area (Å²) in [4.78, 5) is 18.2. The number of sulfonamides is 1. The molecule has 7 nitrogen and oxygen atoms in total. The molecule has 0 atom stereocenters. The number of nitrogens with zero attached hydrogens (tertiary/aromatic N) is 1. The van der Waals surface area contributed by atoms with Crippen LogP contribution in [-0.4, -0.2) is 25.1 Å². The van der Waals surface area contributed by atoms with Crippen LogP contribution in [-0.2, 0) is 10.0 Å². The van der Waals surface area contributed by atoms with Gasteiger partial charge in [-0.2, -0.15) is 0 Å². The van der Waals surface area contributed by atoms with Gasteiger partial charge in [-0.1, -0.05) is 37.3 Å². The molecule has 2 N–H and O–H groups in total. The average Bonchev–Trinajstić information content (AvgIpc) is 3.45. The van der Waals surface area contributed by atoms with E-state index >= 15 is 0 Å². The summed E-state index contributed by atoms with van der Waals surface area (Å²) in [6, 6.07) is 19.6. The Balaban J connectivity index is 1.58. The molecule has 164 valence electrons. The molecule has 0 unspecified atom stereocenters. The van der Waals surface area contributed by atoms with Crippen molar-refractivity contribution in [3.63, 3.8) is 0 Å². The van der Waals surface area contributed by atoms with Gasteiger partial charge in [-0.15, -0.1) is 11.3 Å². The highest BCUT2D eigenvalue weighted by Crippen LogP contribution is 2.34. The van der Waals surface area contributed by atoms with Gasteiger partial charge in [0.2, 0.25) is 10.0 Å². The molecule has 32 heavy (non-hydrogen) atoms. The molecule has 0 saturated carbocycles. The molecule has 4 rings (SSSR count). The number of carbonyl (C=O) groups excluding carboxylic acids is 1. The number of hydrogen-bond donors (Lipinski definition) is 2. The van der Waals surface area contributed by atoms with Crippen molar-refractivity contribution in [1.29, 1.82) is 0 Å². The van der Waals surface area contributed by atoms with Gasteiger partial charge >= 0.3 is 0 Å². The summed E-state index contributed by atoms with van der Waals surface area (Å²) in [5.41, 5.74) is 2.38. The van der Waals surface area contributed by atoms with Gasteiger partial charge in [0.1, 0.15) is 4.88 Å². The van der Waals surface area contributed by atoms with Crippen LogP contribution in [0.4, 0.5) is 11.4 Å². The van der Waals surface area contributed by atoms with E-state index in [9.17, 15) is 13.2 Å². The third kappa shape index (κ3) is 5.06. The highest BCUT2D eigenvalue weighted by atomic mass is 32.2. The number of benzene rings is 2. The second-order valence-electron chi connectivity index (χ2n) is 6.99. The summed E-state index contributed by atoms with van der Waals surface area (Å²) < 4.78 is 31.8. The molecular weight excluding hydrogens is 446 g/mol. The van der Waals surface area contributed by atoms with Crippen LogP contribution in [0.3, 0.4) is 0 Å². The highest BCUT2D eigenvalue weighted by Gasteiger charge is 2.21. The van der Waals surface area contributed by atoms with E-state index in [1.165, 1.54) is 11.3 Å². The number of furan rings is 1. The van der Waals surface area contributed by atoms with Gasteiger partial charge < -0.3 is 9.73 Å². The molecule has 4 aromatic rings. The monoisotopic (exact) mass is 467 g/mol. The van der Waals surface area contributed by atoms with E-state index in [4.69, 9.17) is 4.42 Å². The third-order valence-electron chi connectivity index (χ3n) is 4.50. The lowest BCUT2D eigenvalue weighted by atomic mass is 10.1. The number of hydrogen-bond acceptors (Lipinski definition) is 6. The maximum atomic E-state index is 13.1. The molecule has 1 amide bonds. The van der Waals surface area contributed by atoms with Gasteiger partial charge in [-0.25, -0.2) is 13.4 Å². The summed E-state index contributed by atoms with van der Waals surface area (Å²) in [5, 5.41) is 3.48. The largest absolute Gasteiger partial charge is 0.462 e. The number of rotatable bonds is 8. The van der Waals surface area contributed by atoms with E-state index in [1.54, 1.807) is 49.6 Å². The van der Waals surface area contributed by atoms with Crippen LogP contribution in [0.2, 0.25) is 0 Å². The molecule has 2 heterocycles. The van der Waals surface area contributed by atoms with Crippen molar-refractivity contribution in [1.82, 2.24) is 4.98 Å². The summed E-state index contributed by atoms with van der Waals surface area (Å²) in [6.45, 7) is 1.80. The molecular formula is C23H21N3O4S2. The van der Waals surface area contributed by atoms with E-state index in [-0.39, 0.29) is 11.7 Å². The zero-order chi connectivity index (χ0) is 22.6. The van der Waals surface area contributed by atoms with Gasteiger partial charge in [0.05, 0.1) is 17.7 Å². The molecule has 2 aromatic carbocycles. The fourth-order valence-electron chi connectivity index (χ4n) is 3.08. The number of carbonyl (C=O) groups is 1. The molecule has 0 saturated heterocycles. The summed E-state index contributed by atoms with van der Waals surface area (Å²) in [5.74, 6) is 0.338. The van der Waals surface area contributed by atoms with Crippen molar-refractivity contribution in [2.24, 2.45) is 0 Å². The maximum absolute atomic E-state index is 13.1. The van der Waals surface area contributed by atoms with Crippen molar-refractivity contribution < 1.29 is 17.6 Å². The van der Waals surface area contributed by atoms with Crippen LogP contribution in [0.1, 0.15) is 23.0 Å². The number of aromatic nitrogens is 1. The first kappa shape index (κ1) is 21.8. The molecule has 0 spiro atoms. The standard InChI is InChI=1S/C23H21N3O4S2/c1-2-15-32(28,29)26-18-12-10-17(11-13-18)24-22(27)21-20(16-7-4-3-5-8-16)25-23(31-21)19-9-6-14-30-19/h3-14,26H,2,15H2,1H3,(H,24,27). The normalized spacial score (nSPS) is 11.3. The van der Waals surface area contributed by atoms with Crippen LogP contribution >= 0.6 is 11.3 Å². The van der Waals surface area contributed by atoms with Crippen LogP contribution in [0.5, 0.6) is 0 Å². The lowest BCUT2D eigenvalue weighted by Crippen LogP contribution is -2.16. The number of anilines is 2. The lowest BCUT2D eigenvalue weighted by molar-refractivity contribution is 0.103. The Morgan fingerprint density at radius 3 is 2.38 bits per heavy atom. The predicted molar refractivity (Wildman–Crippen MR) is 127 cm³/mol. The van der Waals surface area contributed by atoms with Crippen LogP contribution in [0.15, 0.2) is 77.4 Å². The van der Waals surface area contributed by atoms with Crippen LogP contribution in [0.25, 0.3) is 22.0 Å². The Bertz CT molecular complexity index is 1300. The summed E-state index contributed by atoms with van der Waals surface area (Å²) in [6.07, 6.45) is 2.09. The lowest BCUT2D eigenvalue weighted by Gasteiger charge is -2.09. The highest BCUT2D eigenvalue weighted by molar-refractivity contribution is 7.92. The Morgan fingerprint density at radius 2 is 1.72 bits per heavy atom. The molecule has 0 bridgehead atoms. The smallest absolute Gasteiger partial charge is 0.268 e. The molecule has 0 aliphatic carbocycles. The minimum absolute atomic E-state index is 0.0527. The Labute approximate surface area is 190 Å². The maximum Gasteiger partial charge on any atom is 0.268 e. The number of amides is 1. The van der Waals surface area contributed by atoms with E-state index in [0.29, 0.717) is 39.1 Å². The molecule has 0 aliphatic heterocycles. The van der Waals surface area contributed by atoms with Crippen molar-refractivity contribution in [2.45, 2.75) is 13.3 Å². The van der Waals surface area contributed by atoms with Crippen LogP contribution < -0.4 is 10.0 Å². The van der Waals surface area contributed by atoms with Crippen molar-refractivity contribution in [2.75, 3.05) is 15.8 Å². The van der Waals surface area contributed by atoms with E-state index in [2.05, 4.69) is 15.0 Å². The Kier molecular flexibility index (Phi) is 6.38. The van der Waals surface area contributed by atoms with E-state index in [0.717, 1.165) is 5.56 Å². The minimum atomic E-state index is -3.37. The second-order valence-corrected chi connectivity index (χ2v) is 9.83. The molecule has 9 heteroatoms. The van der Waals surface area contributed by atoms with E-state index in [1.807, 2.05) is 30.3 Å². The summed E-state index contributed by atoms with van der Waals surface area (Å²) in [7, 11) is -3.37. The van der Waals surface area contributed by atoms with Gasteiger partial charge in [0.25, 0.3) is 5.91 Å². The van der Waals surface area contributed by atoms with Crippen molar-refractivity contribution >= 4 is 38.6 Å². The average molecular weight is 468 g/mol. The van der Waals surface area contributed by atoms with Crippen molar-refractivity contribution in [3.05, 3.63) is 77.9 Å². The topological polar surface area (TPSA) is 101 Å². The number of thiazole rings is 1. The van der Waals surface area contributed by atoms with Gasteiger partial charge in [-0.3, -0.25) is 9.52 Å². The molecule has 0 aliphatic rings. The fourth-order valence-corrected chi connectivity index (χ4v) is 5.17.